The zero-order valence-electron chi connectivity index (χ0n) is 13.9. The van der Waals surface area contributed by atoms with Crippen LogP contribution in [0.5, 0.6) is 5.75 Å². The third-order valence-corrected chi connectivity index (χ3v) is 4.86. The molecule has 0 radical (unpaired) electrons. The van der Waals surface area contributed by atoms with E-state index in [9.17, 15) is 4.79 Å². The van der Waals surface area contributed by atoms with Gasteiger partial charge in [0.25, 0.3) is 0 Å². The van der Waals surface area contributed by atoms with Crippen LogP contribution < -0.4 is 9.64 Å². The highest BCUT2D eigenvalue weighted by Crippen LogP contribution is 2.29. The second kappa shape index (κ2) is 7.53. The SMILES string of the molecule is CCOC(=O)N1CCN(c2nc(-c3ccc(OC)cc3)cs2)CC1. The number of anilines is 1. The van der Waals surface area contributed by atoms with Gasteiger partial charge >= 0.3 is 6.09 Å². The Labute approximate surface area is 145 Å². The highest BCUT2D eigenvalue weighted by molar-refractivity contribution is 7.14. The Morgan fingerprint density at radius 1 is 1.21 bits per heavy atom. The zero-order chi connectivity index (χ0) is 16.9. The topological polar surface area (TPSA) is 54.9 Å². The molecule has 1 aromatic heterocycles. The summed E-state index contributed by atoms with van der Waals surface area (Å²) in [7, 11) is 1.66. The van der Waals surface area contributed by atoms with Gasteiger partial charge in [0.1, 0.15) is 5.75 Å². The Morgan fingerprint density at radius 3 is 2.54 bits per heavy atom. The lowest BCUT2D eigenvalue weighted by Gasteiger charge is -2.33. The van der Waals surface area contributed by atoms with Gasteiger partial charge in [-0.3, -0.25) is 0 Å². The number of hydrogen-bond donors (Lipinski definition) is 0. The second-order valence-corrected chi connectivity index (χ2v) is 6.25. The maximum Gasteiger partial charge on any atom is 0.409 e. The summed E-state index contributed by atoms with van der Waals surface area (Å²) < 4.78 is 10.2. The molecule has 7 heteroatoms. The summed E-state index contributed by atoms with van der Waals surface area (Å²) in [6.07, 6.45) is -0.227. The smallest absolute Gasteiger partial charge is 0.409 e. The van der Waals surface area contributed by atoms with Gasteiger partial charge < -0.3 is 19.3 Å². The van der Waals surface area contributed by atoms with Gasteiger partial charge in [-0.25, -0.2) is 9.78 Å². The van der Waals surface area contributed by atoms with E-state index in [1.807, 2.05) is 31.2 Å². The largest absolute Gasteiger partial charge is 0.497 e. The van der Waals surface area contributed by atoms with E-state index in [4.69, 9.17) is 14.5 Å². The molecular weight excluding hydrogens is 326 g/mol. The quantitative estimate of drug-likeness (QED) is 0.851. The summed E-state index contributed by atoms with van der Waals surface area (Å²) in [4.78, 5) is 20.4. The number of aromatic nitrogens is 1. The van der Waals surface area contributed by atoms with E-state index in [2.05, 4.69) is 10.3 Å². The average Bonchev–Trinajstić information content (AvgIpc) is 3.12. The van der Waals surface area contributed by atoms with Crippen LogP contribution in [0.2, 0.25) is 0 Å². The summed E-state index contributed by atoms with van der Waals surface area (Å²) in [5, 5.41) is 3.05. The first-order chi connectivity index (χ1) is 11.7. The van der Waals surface area contributed by atoms with Gasteiger partial charge in [0.15, 0.2) is 5.13 Å². The van der Waals surface area contributed by atoms with E-state index in [0.717, 1.165) is 35.2 Å². The van der Waals surface area contributed by atoms with Crippen LogP contribution in [0.3, 0.4) is 0 Å². The standard InChI is InChI=1S/C17H21N3O3S/c1-3-23-17(21)20-10-8-19(9-11-20)16-18-15(12-24-16)13-4-6-14(22-2)7-5-13/h4-7,12H,3,8-11H2,1-2H3. The third-order valence-electron chi connectivity index (χ3n) is 3.95. The molecule has 1 aromatic carbocycles. The predicted octanol–water partition coefficient (Wildman–Crippen LogP) is 3.10. The number of piperazine rings is 1. The number of benzene rings is 1. The zero-order valence-corrected chi connectivity index (χ0v) is 14.7. The minimum atomic E-state index is -0.227. The Morgan fingerprint density at radius 2 is 1.92 bits per heavy atom. The Bertz CT molecular complexity index is 679. The molecule has 0 N–H and O–H groups in total. The molecule has 6 nitrogen and oxygen atoms in total. The van der Waals surface area contributed by atoms with Crippen LogP contribution in [0.1, 0.15) is 6.92 Å². The van der Waals surface area contributed by atoms with Gasteiger partial charge in [-0.05, 0) is 31.2 Å². The van der Waals surface area contributed by atoms with Crippen molar-refractivity contribution in [2.75, 3.05) is 44.8 Å². The minimum Gasteiger partial charge on any atom is -0.497 e. The second-order valence-electron chi connectivity index (χ2n) is 5.42. The fourth-order valence-electron chi connectivity index (χ4n) is 2.60. The van der Waals surface area contributed by atoms with E-state index < -0.39 is 0 Å². The fourth-order valence-corrected chi connectivity index (χ4v) is 3.49. The van der Waals surface area contributed by atoms with Crippen LogP contribution in [0.25, 0.3) is 11.3 Å². The molecule has 1 amide bonds. The molecule has 0 atom stereocenters. The van der Waals surface area contributed by atoms with Crippen LogP contribution >= 0.6 is 11.3 Å². The molecule has 0 bridgehead atoms. The van der Waals surface area contributed by atoms with Gasteiger partial charge in [-0.1, -0.05) is 0 Å². The first-order valence-electron chi connectivity index (χ1n) is 7.98. The molecular formula is C17H21N3O3S. The normalized spacial score (nSPS) is 14.6. The number of carbonyl (C=O) groups is 1. The molecule has 0 unspecified atom stereocenters. The number of carbonyl (C=O) groups excluding carboxylic acids is 1. The molecule has 1 fully saturated rings. The van der Waals surface area contributed by atoms with Crippen molar-refractivity contribution in [1.29, 1.82) is 0 Å². The Balaban J connectivity index is 1.63. The summed E-state index contributed by atoms with van der Waals surface area (Å²) >= 11 is 1.63. The molecule has 2 aromatic rings. The van der Waals surface area contributed by atoms with Crippen molar-refractivity contribution in [3.63, 3.8) is 0 Å². The van der Waals surface area contributed by atoms with Crippen LogP contribution in [0.15, 0.2) is 29.6 Å². The molecule has 3 rings (SSSR count). The Kier molecular flexibility index (Phi) is 5.20. The summed E-state index contributed by atoms with van der Waals surface area (Å²) in [6, 6.07) is 7.89. The molecule has 0 spiro atoms. The van der Waals surface area contributed by atoms with Crippen LogP contribution in [0.4, 0.5) is 9.93 Å². The maximum atomic E-state index is 11.7. The van der Waals surface area contributed by atoms with Crippen molar-refractivity contribution < 1.29 is 14.3 Å². The number of hydrogen-bond acceptors (Lipinski definition) is 6. The number of nitrogens with zero attached hydrogens (tertiary/aromatic N) is 3. The molecule has 0 saturated carbocycles. The highest BCUT2D eigenvalue weighted by atomic mass is 32.1. The van der Waals surface area contributed by atoms with E-state index in [-0.39, 0.29) is 6.09 Å². The van der Waals surface area contributed by atoms with Gasteiger partial charge in [-0.2, -0.15) is 0 Å². The van der Waals surface area contributed by atoms with E-state index in [0.29, 0.717) is 19.7 Å². The number of methoxy groups -OCH3 is 1. The third kappa shape index (κ3) is 3.62. The summed E-state index contributed by atoms with van der Waals surface area (Å²) in [5.41, 5.74) is 2.04. The first kappa shape index (κ1) is 16.6. The molecule has 2 heterocycles. The Hall–Kier alpha value is -2.28. The van der Waals surface area contributed by atoms with Crippen molar-refractivity contribution in [1.82, 2.24) is 9.88 Å². The average molecular weight is 347 g/mol. The van der Waals surface area contributed by atoms with E-state index >= 15 is 0 Å². The molecule has 1 saturated heterocycles. The monoisotopic (exact) mass is 347 g/mol. The molecule has 1 aliphatic rings. The molecule has 1 aliphatic heterocycles. The number of amides is 1. The van der Waals surface area contributed by atoms with Crippen LogP contribution in [-0.2, 0) is 4.74 Å². The molecule has 0 aliphatic carbocycles. The first-order valence-corrected chi connectivity index (χ1v) is 8.86. The number of rotatable bonds is 4. The summed E-state index contributed by atoms with van der Waals surface area (Å²) in [5.74, 6) is 0.837. The van der Waals surface area contributed by atoms with Gasteiger partial charge in [-0.15, -0.1) is 11.3 Å². The van der Waals surface area contributed by atoms with Crippen molar-refractivity contribution >= 4 is 22.6 Å². The molecule has 128 valence electrons. The predicted molar refractivity (Wildman–Crippen MR) is 94.9 cm³/mol. The van der Waals surface area contributed by atoms with Crippen LogP contribution in [-0.4, -0.2) is 55.9 Å². The van der Waals surface area contributed by atoms with Gasteiger partial charge in [0.05, 0.1) is 19.4 Å². The van der Waals surface area contributed by atoms with Crippen molar-refractivity contribution in [2.24, 2.45) is 0 Å². The lowest BCUT2D eigenvalue weighted by Crippen LogP contribution is -2.48. The van der Waals surface area contributed by atoms with Crippen molar-refractivity contribution in [2.45, 2.75) is 6.92 Å². The van der Waals surface area contributed by atoms with E-state index in [1.54, 1.807) is 23.3 Å². The fraction of sp³-hybridized carbons (Fsp3) is 0.412. The van der Waals surface area contributed by atoms with Crippen molar-refractivity contribution in [3.05, 3.63) is 29.6 Å². The lowest BCUT2D eigenvalue weighted by atomic mass is 10.2. The van der Waals surface area contributed by atoms with Crippen molar-refractivity contribution in [3.8, 4) is 17.0 Å². The van der Waals surface area contributed by atoms with Gasteiger partial charge in [0, 0.05) is 37.1 Å². The lowest BCUT2D eigenvalue weighted by molar-refractivity contribution is 0.105. The van der Waals surface area contributed by atoms with Gasteiger partial charge in [0.2, 0.25) is 0 Å². The molecule has 24 heavy (non-hydrogen) atoms. The van der Waals surface area contributed by atoms with E-state index in [1.165, 1.54) is 0 Å². The highest BCUT2D eigenvalue weighted by Gasteiger charge is 2.23. The maximum absolute atomic E-state index is 11.7. The van der Waals surface area contributed by atoms with Crippen LogP contribution in [0, 0.1) is 0 Å². The number of thiazole rings is 1. The minimum absolute atomic E-state index is 0.227. The number of ether oxygens (including phenoxy) is 2. The summed E-state index contributed by atoms with van der Waals surface area (Å²) in [6.45, 7) is 5.11.